The third-order valence-corrected chi connectivity index (χ3v) is 3.28. The number of nitrogens with one attached hydrogen (secondary N) is 2. The van der Waals surface area contributed by atoms with E-state index in [0.717, 1.165) is 12.8 Å². The quantitative estimate of drug-likeness (QED) is 0.458. The van der Waals surface area contributed by atoms with Gasteiger partial charge in [-0.15, -0.1) is 0 Å². The molecule has 2 amide bonds. The second-order valence-corrected chi connectivity index (χ2v) is 5.02. The summed E-state index contributed by atoms with van der Waals surface area (Å²) in [5.41, 5.74) is 0.674. The largest absolute Gasteiger partial charge is 0.507 e. The standard InChI is InChI=1S/C16H24N2O3/c1-2-3-4-5-6-7-10-17-16(21)14-9-8-13(18-12-19)11-15(14)20/h8-9,11-12,20H,2-7,10H2,1H3,(H,17,21)(H,18,19). The molecule has 21 heavy (non-hydrogen) atoms. The minimum atomic E-state index is -0.293. The lowest BCUT2D eigenvalue weighted by molar-refractivity contribution is -0.105. The highest BCUT2D eigenvalue weighted by molar-refractivity contribution is 5.97. The molecule has 0 fully saturated rings. The summed E-state index contributed by atoms with van der Waals surface area (Å²) in [6.07, 6.45) is 7.51. The molecule has 0 spiro atoms. The minimum absolute atomic E-state index is 0.137. The van der Waals surface area contributed by atoms with Gasteiger partial charge in [0, 0.05) is 18.3 Å². The van der Waals surface area contributed by atoms with Gasteiger partial charge in [-0.05, 0) is 18.6 Å². The van der Waals surface area contributed by atoms with Crippen molar-refractivity contribution in [2.24, 2.45) is 0 Å². The van der Waals surface area contributed by atoms with E-state index in [9.17, 15) is 14.7 Å². The number of benzene rings is 1. The molecular weight excluding hydrogens is 268 g/mol. The molecule has 0 aliphatic heterocycles. The second-order valence-electron chi connectivity index (χ2n) is 5.02. The van der Waals surface area contributed by atoms with Crippen LogP contribution in [0.25, 0.3) is 0 Å². The summed E-state index contributed by atoms with van der Waals surface area (Å²) in [5, 5.41) is 15.0. The van der Waals surface area contributed by atoms with Crippen LogP contribution in [0.3, 0.4) is 0 Å². The van der Waals surface area contributed by atoms with Crippen molar-refractivity contribution in [3.8, 4) is 5.75 Å². The van der Waals surface area contributed by atoms with Crippen molar-refractivity contribution in [1.82, 2.24) is 5.32 Å². The molecule has 0 saturated heterocycles. The van der Waals surface area contributed by atoms with Crippen LogP contribution in [-0.2, 0) is 4.79 Å². The number of hydrogen-bond acceptors (Lipinski definition) is 3. The Morgan fingerprint density at radius 2 is 1.90 bits per heavy atom. The molecule has 1 aromatic carbocycles. The molecule has 0 unspecified atom stereocenters. The Hall–Kier alpha value is -2.04. The number of aromatic hydroxyl groups is 1. The van der Waals surface area contributed by atoms with Gasteiger partial charge in [0.05, 0.1) is 5.56 Å². The van der Waals surface area contributed by atoms with E-state index in [1.165, 1.54) is 37.8 Å². The van der Waals surface area contributed by atoms with Crippen LogP contribution in [0.4, 0.5) is 5.69 Å². The van der Waals surface area contributed by atoms with Gasteiger partial charge >= 0.3 is 0 Å². The van der Waals surface area contributed by atoms with E-state index in [1.54, 1.807) is 6.07 Å². The molecular formula is C16H24N2O3. The zero-order valence-corrected chi connectivity index (χ0v) is 12.5. The van der Waals surface area contributed by atoms with Crippen LogP contribution in [0.15, 0.2) is 18.2 Å². The molecule has 1 rings (SSSR count). The van der Waals surface area contributed by atoms with Crippen molar-refractivity contribution in [1.29, 1.82) is 0 Å². The van der Waals surface area contributed by atoms with Crippen LogP contribution in [0.1, 0.15) is 55.8 Å². The van der Waals surface area contributed by atoms with Gasteiger partial charge < -0.3 is 15.7 Å². The highest BCUT2D eigenvalue weighted by Gasteiger charge is 2.10. The SMILES string of the molecule is CCCCCCCCNC(=O)c1ccc(NC=O)cc1O. The predicted octanol–water partition coefficient (Wildman–Crippen LogP) is 3.05. The van der Waals surface area contributed by atoms with E-state index in [4.69, 9.17) is 0 Å². The first-order valence-corrected chi connectivity index (χ1v) is 7.50. The number of unbranched alkanes of at least 4 members (excludes halogenated alkanes) is 5. The molecule has 5 heteroatoms. The first-order chi connectivity index (χ1) is 10.2. The first kappa shape index (κ1) is 17.0. The third kappa shape index (κ3) is 6.29. The van der Waals surface area contributed by atoms with Crippen molar-refractivity contribution < 1.29 is 14.7 Å². The summed E-state index contributed by atoms with van der Waals surface area (Å²) in [6.45, 7) is 2.79. The monoisotopic (exact) mass is 292 g/mol. The highest BCUT2D eigenvalue weighted by Crippen LogP contribution is 2.21. The molecule has 0 radical (unpaired) electrons. The number of rotatable bonds is 10. The van der Waals surface area contributed by atoms with Gasteiger partial charge in [0.15, 0.2) is 0 Å². The fourth-order valence-corrected chi connectivity index (χ4v) is 2.08. The zero-order valence-electron chi connectivity index (χ0n) is 12.5. The van der Waals surface area contributed by atoms with Gasteiger partial charge in [-0.1, -0.05) is 39.0 Å². The van der Waals surface area contributed by atoms with Gasteiger partial charge in [-0.25, -0.2) is 0 Å². The number of carbonyl (C=O) groups excluding carboxylic acids is 2. The number of phenols is 1. The fraction of sp³-hybridized carbons (Fsp3) is 0.500. The van der Waals surface area contributed by atoms with Crippen LogP contribution in [0, 0.1) is 0 Å². The second kappa shape index (κ2) is 9.80. The Kier molecular flexibility index (Phi) is 7.94. The van der Waals surface area contributed by atoms with Crippen LogP contribution < -0.4 is 10.6 Å². The molecule has 116 valence electrons. The molecule has 0 saturated carbocycles. The summed E-state index contributed by atoms with van der Waals surface area (Å²) >= 11 is 0. The Bertz CT molecular complexity index is 461. The van der Waals surface area contributed by atoms with E-state index in [2.05, 4.69) is 17.6 Å². The molecule has 0 bridgehead atoms. The Balaban J connectivity index is 2.33. The normalized spacial score (nSPS) is 10.1. The van der Waals surface area contributed by atoms with Crippen molar-refractivity contribution >= 4 is 18.0 Å². The molecule has 0 aliphatic rings. The smallest absolute Gasteiger partial charge is 0.255 e. The van der Waals surface area contributed by atoms with Crippen molar-refractivity contribution in [3.05, 3.63) is 23.8 Å². The highest BCUT2D eigenvalue weighted by atomic mass is 16.3. The molecule has 5 nitrogen and oxygen atoms in total. The average molecular weight is 292 g/mol. The van der Waals surface area contributed by atoms with Gasteiger partial charge in [-0.2, -0.15) is 0 Å². The number of anilines is 1. The maximum Gasteiger partial charge on any atom is 0.255 e. The number of amides is 2. The molecule has 3 N–H and O–H groups in total. The summed E-state index contributed by atoms with van der Waals surface area (Å²) in [7, 11) is 0. The van der Waals surface area contributed by atoms with E-state index in [1.807, 2.05) is 0 Å². The lowest BCUT2D eigenvalue weighted by Gasteiger charge is -2.08. The lowest BCUT2D eigenvalue weighted by atomic mass is 10.1. The molecule has 0 atom stereocenters. The first-order valence-electron chi connectivity index (χ1n) is 7.50. The van der Waals surface area contributed by atoms with Crippen LogP contribution >= 0.6 is 0 Å². The zero-order chi connectivity index (χ0) is 15.5. The summed E-state index contributed by atoms with van der Waals surface area (Å²) < 4.78 is 0. The summed E-state index contributed by atoms with van der Waals surface area (Å²) in [4.78, 5) is 22.2. The minimum Gasteiger partial charge on any atom is -0.507 e. The van der Waals surface area contributed by atoms with Gasteiger partial charge in [-0.3, -0.25) is 9.59 Å². The Labute approximate surface area is 125 Å². The van der Waals surface area contributed by atoms with Crippen molar-refractivity contribution in [2.45, 2.75) is 45.4 Å². The summed E-state index contributed by atoms with van der Waals surface area (Å²) in [5.74, 6) is -0.430. The van der Waals surface area contributed by atoms with E-state index >= 15 is 0 Å². The van der Waals surface area contributed by atoms with Gasteiger partial charge in [0.2, 0.25) is 6.41 Å². The Morgan fingerprint density at radius 3 is 2.57 bits per heavy atom. The molecule has 0 heterocycles. The van der Waals surface area contributed by atoms with Gasteiger partial charge in [0.1, 0.15) is 5.75 Å². The maximum absolute atomic E-state index is 11.9. The summed E-state index contributed by atoms with van der Waals surface area (Å²) in [6, 6.07) is 4.43. The van der Waals surface area contributed by atoms with Gasteiger partial charge in [0.25, 0.3) is 5.91 Å². The van der Waals surface area contributed by atoms with E-state index < -0.39 is 0 Å². The van der Waals surface area contributed by atoms with E-state index in [0.29, 0.717) is 18.6 Å². The predicted molar refractivity (Wildman–Crippen MR) is 83.5 cm³/mol. The molecule has 0 aromatic heterocycles. The number of hydrogen-bond donors (Lipinski definition) is 3. The van der Waals surface area contributed by atoms with E-state index in [-0.39, 0.29) is 17.2 Å². The fourth-order valence-electron chi connectivity index (χ4n) is 2.08. The number of carbonyl (C=O) groups is 2. The Morgan fingerprint density at radius 1 is 1.19 bits per heavy atom. The average Bonchev–Trinajstić information content (AvgIpc) is 2.46. The topological polar surface area (TPSA) is 78.4 Å². The third-order valence-electron chi connectivity index (χ3n) is 3.28. The maximum atomic E-state index is 11.9. The lowest BCUT2D eigenvalue weighted by Crippen LogP contribution is -2.24. The molecule has 1 aromatic rings. The van der Waals surface area contributed by atoms with Crippen LogP contribution in [0.2, 0.25) is 0 Å². The number of phenolic OH excluding ortho intramolecular Hbond substituents is 1. The van der Waals surface area contributed by atoms with Crippen molar-refractivity contribution in [3.63, 3.8) is 0 Å². The van der Waals surface area contributed by atoms with Crippen LogP contribution in [0.5, 0.6) is 5.75 Å². The van der Waals surface area contributed by atoms with Crippen LogP contribution in [-0.4, -0.2) is 24.0 Å². The molecule has 0 aliphatic carbocycles. The van der Waals surface area contributed by atoms with Crippen molar-refractivity contribution in [2.75, 3.05) is 11.9 Å².